The van der Waals surface area contributed by atoms with Gasteiger partial charge < -0.3 is 4.74 Å². The van der Waals surface area contributed by atoms with Crippen LogP contribution in [0.1, 0.15) is 63.5 Å². The zero-order valence-corrected chi connectivity index (χ0v) is 20.8. The number of halogens is 1. The number of benzene rings is 3. The Kier molecular flexibility index (Phi) is 5.71. The van der Waals surface area contributed by atoms with Gasteiger partial charge in [-0.25, -0.2) is 4.98 Å². The lowest BCUT2D eigenvalue weighted by atomic mass is 9.71. The quantitative estimate of drug-likeness (QED) is 0.243. The predicted molar refractivity (Wildman–Crippen MR) is 139 cm³/mol. The van der Waals surface area contributed by atoms with Gasteiger partial charge in [-0.05, 0) is 53.6 Å². The van der Waals surface area contributed by atoms with Crippen LogP contribution in [-0.4, -0.2) is 12.1 Å². The van der Waals surface area contributed by atoms with E-state index in [4.69, 9.17) is 9.72 Å². The van der Waals surface area contributed by atoms with Gasteiger partial charge in [0.1, 0.15) is 5.75 Å². The van der Waals surface area contributed by atoms with E-state index in [1.165, 1.54) is 58.5 Å². The zero-order chi connectivity index (χ0) is 22.3. The third-order valence-corrected chi connectivity index (χ3v) is 7.69. The van der Waals surface area contributed by atoms with Crippen LogP contribution < -0.4 is 4.74 Å². The number of pyridine rings is 1. The van der Waals surface area contributed by atoms with Crippen molar-refractivity contribution in [2.45, 2.75) is 57.8 Å². The number of hydrogen-bond acceptors (Lipinski definition) is 2. The Labute approximate surface area is 199 Å². The van der Waals surface area contributed by atoms with Crippen molar-refractivity contribution in [1.82, 2.24) is 4.98 Å². The molecular weight excluding hydrogens is 458 g/mol. The lowest BCUT2D eigenvalue weighted by molar-refractivity contribution is 0.405. The molecule has 0 amide bonds. The largest absolute Gasteiger partial charge is 0.496 e. The number of hydrogen-bond donors (Lipinski definition) is 0. The van der Waals surface area contributed by atoms with Gasteiger partial charge in [-0.15, -0.1) is 0 Å². The van der Waals surface area contributed by atoms with Gasteiger partial charge in [-0.2, -0.15) is 0 Å². The highest BCUT2D eigenvalue weighted by atomic mass is 79.9. The molecule has 32 heavy (non-hydrogen) atoms. The number of rotatable bonds is 7. The van der Waals surface area contributed by atoms with Crippen LogP contribution in [-0.2, 0) is 5.41 Å². The van der Waals surface area contributed by atoms with Crippen LogP contribution >= 0.6 is 15.9 Å². The highest BCUT2D eigenvalue weighted by Gasteiger charge is 2.44. The summed E-state index contributed by atoms with van der Waals surface area (Å²) in [5.41, 5.74) is 6.19. The lowest BCUT2D eigenvalue weighted by Crippen LogP contribution is -2.25. The zero-order valence-electron chi connectivity index (χ0n) is 19.2. The van der Waals surface area contributed by atoms with Crippen LogP contribution in [0.4, 0.5) is 0 Å². The first kappa shape index (κ1) is 21.5. The Hall–Kier alpha value is -2.39. The molecule has 1 aliphatic rings. The number of aromatic nitrogens is 1. The summed E-state index contributed by atoms with van der Waals surface area (Å²) >= 11 is 3.66. The van der Waals surface area contributed by atoms with Crippen molar-refractivity contribution in [3.05, 3.63) is 70.2 Å². The molecule has 1 aromatic heterocycles. The summed E-state index contributed by atoms with van der Waals surface area (Å²) in [6.07, 6.45) is 7.13. The van der Waals surface area contributed by atoms with E-state index >= 15 is 0 Å². The fraction of sp³-hybridized carbons (Fsp3) is 0.345. The Morgan fingerprint density at radius 2 is 1.59 bits per heavy atom. The highest BCUT2D eigenvalue weighted by molar-refractivity contribution is 9.10. The summed E-state index contributed by atoms with van der Waals surface area (Å²) in [7, 11) is 1.78. The molecule has 0 aliphatic heterocycles. The molecule has 3 heteroatoms. The van der Waals surface area contributed by atoms with E-state index in [0.29, 0.717) is 0 Å². The fourth-order valence-corrected chi connectivity index (χ4v) is 5.96. The van der Waals surface area contributed by atoms with Gasteiger partial charge in [-0.1, -0.05) is 85.8 Å². The molecule has 0 fully saturated rings. The minimum Gasteiger partial charge on any atom is -0.496 e. The number of nitrogens with zero attached hydrogens (tertiary/aromatic N) is 1. The van der Waals surface area contributed by atoms with Gasteiger partial charge in [0, 0.05) is 26.2 Å². The molecule has 0 N–H and O–H groups in total. The van der Waals surface area contributed by atoms with E-state index in [2.05, 4.69) is 84.4 Å². The molecule has 1 heterocycles. The number of fused-ring (bicyclic) bond motifs is 6. The van der Waals surface area contributed by atoms with Crippen molar-refractivity contribution >= 4 is 37.6 Å². The van der Waals surface area contributed by atoms with Crippen molar-refractivity contribution in [2.24, 2.45) is 0 Å². The monoisotopic (exact) mass is 487 g/mol. The van der Waals surface area contributed by atoms with Crippen LogP contribution in [0, 0.1) is 0 Å². The van der Waals surface area contributed by atoms with E-state index in [-0.39, 0.29) is 5.41 Å². The van der Waals surface area contributed by atoms with Crippen molar-refractivity contribution in [3.63, 3.8) is 0 Å². The first-order valence-corrected chi connectivity index (χ1v) is 12.6. The van der Waals surface area contributed by atoms with Crippen LogP contribution in [0.15, 0.2) is 59.1 Å². The molecule has 1 aliphatic carbocycles. The molecule has 3 aromatic carbocycles. The molecule has 0 atom stereocenters. The van der Waals surface area contributed by atoms with Gasteiger partial charge >= 0.3 is 0 Å². The third-order valence-electron chi connectivity index (χ3n) is 7.19. The summed E-state index contributed by atoms with van der Waals surface area (Å²) < 4.78 is 6.97. The Morgan fingerprint density at radius 1 is 0.875 bits per heavy atom. The molecule has 4 aromatic rings. The fourth-order valence-electron chi connectivity index (χ4n) is 5.60. The Morgan fingerprint density at radius 3 is 2.31 bits per heavy atom. The molecule has 0 saturated heterocycles. The average Bonchev–Trinajstić information content (AvgIpc) is 3.09. The van der Waals surface area contributed by atoms with E-state index in [1.54, 1.807) is 7.11 Å². The minimum atomic E-state index is 0.0125. The second kappa shape index (κ2) is 8.51. The summed E-state index contributed by atoms with van der Waals surface area (Å²) in [5, 5.41) is 3.63. The minimum absolute atomic E-state index is 0.0125. The molecule has 2 nitrogen and oxygen atoms in total. The smallest absolute Gasteiger partial charge is 0.128 e. The molecule has 0 bridgehead atoms. The van der Waals surface area contributed by atoms with E-state index < -0.39 is 0 Å². The van der Waals surface area contributed by atoms with Gasteiger partial charge in [0.15, 0.2) is 0 Å². The van der Waals surface area contributed by atoms with Crippen LogP contribution in [0.2, 0.25) is 0 Å². The second-order valence-electron chi connectivity index (χ2n) is 9.06. The van der Waals surface area contributed by atoms with Gasteiger partial charge in [-0.3, -0.25) is 0 Å². The summed E-state index contributed by atoms with van der Waals surface area (Å²) in [6, 6.07) is 19.9. The topological polar surface area (TPSA) is 22.1 Å². The molecule has 0 spiro atoms. The van der Waals surface area contributed by atoms with Gasteiger partial charge in [0.05, 0.1) is 18.3 Å². The first-order chi connectivity index (χ1) is 15.6. The standard InChI is InChI=1S/C29H30BrNO/c1-4-6-15-29(16-7-5-2)23-9-8-10-25(32-3)26(23)28-24(29)17-20-12-11-19-13-14-21(30)18-22(19)27(20)31-28/h8-14,17-18H,4-7,15-16H2,1-3H3. The predicted octanol–water partition coefficient (Wildman–Crippen LogP) is 8.81. The summed E-state index contributed by atoms with van der Waals surface area (Å²) in [4.78, 5) is 5.39. The number of ether oxygens (including phenoxy) is 1. The molecular formula is C29H30BrNO. The van der Waals surface area contributed by atoms with Crippen molar-refractivity contribution < 1.29 is 4.74 Å². The molecule has 0 unspecified atom stereocenters. The second-order valence-corrected chi connectivity index (χ2v) is 9.97. The van der Waals surface area contributed by atoms with Crippen molar-refractivity contribution in [2.75, 3.05) is 7.11 Å². The maximum absolute atomic E-state index is 5.89. The van der Waals surface area contributed by atoms with E-state index in [1.807, 2.05) is 0 Å². The maximum atomic E-state index is 5.89. The Balaban J connectivity index is 1.87. The average molecular weight is 488 g/mol. The normalized spacial score (nSPS) is 14.0. The van der Waals surface area contributed by atoms with Crippen molar-refractivity contribution in [3.8, 4) is 17.0 Å². The van der Waals surface area contributed by atoms with Crippen molar-refractivity contribution in [1.29, 1.82) is 0 Å². The SMILES string of the molecule is CCCCC1(CCCC)c2cc3ccc4ccc(Br)cc4c3nc2-c2c(OC)cccc21. The van der Waals surface area contributed by atoms with E-state index in [9.17, 15) is 0 Å². The van der Waals surface area contributed by atoms with Crippen LogP contribution in [0.25, 0.3) is 32.9 Å². The highest BCUT2D eigenvalue weighted by Crippen LogP contribution is 2.56. The van der Waals surface area contributed by atoms with Crippen LogP contribution in [0.5, 0.6) is 5.75 Å². The molecule has 164 valence electrons. The third kappa shape index (κ3) is 3.25. The molecule has 5 rings (SSSR count). The van der Waals surface area contributed by atoms with Crippen LogP contribution in [0.3, 0.4) is 0 Å². The number of unbranched alkanes of at least 4 members (excludes halogenated alkanes) is 2. The maximum Gasteiger partial charge on any atom is 0.128 e. The first-order valence-electron chi connectivity index (χ1n) is 11.8. The lowest BCUT2D eigenvalue weighted by Gasteiger charge is -2.32. The molecule has 0 saturated carbocycles. The van der Waals surface area contributed by atoms with Gasteiger partial charge in [0.25, 0.3) is 0 Å². The Bertz CT molecular complexity index is 1300. The summed E-state index contributed by atoms with van der Waals surface area (Å²) in [5.74, 6) is 0.937. The van der Waals surface area contributed by atoms with Gasteiger partial charge in [0.2, 0.25) is 0 Å². The van der Waals surface area contributed by atoms with E-state index in [0.717, 1.165) is 34.3 Å². The molecule has 0 radical (unpaired) electrons. The number of methoxy groups -OCH3 is 1. The summed E-state index contributed by atoms with van der Waals surface area (Å²) in [6.45, 7) is 4.58.